The van der Waals surface area contributed by atoms with E-state index in [2.05, 4.69) is 4.98 Å². The normalized spacial score (nSPS) is 10.2. The number of rotatable bonds is 5. The summed E-state index contributed by atoms with van der Waals surface area (Å²) in [5.41, 5.74) is 2.10. The highest BCUT2D eigenvalue weighted by Crippen LogP contribution is 2.23. The Hall–Kier alpha value is -2.69. The molecular weight excluding hydrogens is 292 g/mol. The van der Waals surface area contributed by atoms with Gasteiger partial charge in [0, 0.05) is 18.4 Å². The second-order valence-electron chi connectivity index (χ2n) is 4.92. The summed E-state index contributed by atoms with van der Waals surface area (Å²) in [7, 11) is 0. The van der Waals surface area contributed by atoms with Gasteiger partial charge >= 0.3 is 5.97 Å². The van der Waals surface area contributed by atoms with Crippen molar-refractivity contribution in [2.45, 2.75) is 20.8 Å². The van der Waals surface area contributed by atoms with Crippen LogP contribution in [0.4, 0.5) is 5.69 Å². The van der Waals surface area contributed by atoms with Crippen molar-refractivity contribution in [2.24, 2.45) is 0 Å². The number of hydrogen-bond donors (Lipinski definition) is 0. The highest BCUT2D eigenvalue weighted by atomic mass is 16.5. The van der Waals surface area contributed by atoms with Crippen LogP contribution in [0, 0.1) is 6.92 Å². The Morgan fingerprint density at radius 2 is 1.78 bits per heavy atom. The zero-order valence-electron chi connectivity index (χ0n) is 13.6. The van der Waals surface area contributed by atoms with E-state index in [1.807, 2.05) is 6.92 Å². The molecule has 0 atom stereocenters. The van der Waals surface area contributed by atoms with Gasteiger partial charge in [0.25, 0.3) is 5.91 Å². The third-order valence-corrected chi connectivity index (χ3v) is 3.49. The third kappa shape index (κ3) is 3.56. The van der Waals surface area contributed by atoms with E-state index in [-0.39, 0.29) is 12.5 Å². The second-order valence-corrected chi connectivity index (χ2v) is 4.92. The molecule has 5 nitrogen and oxygen atoms in total. The Balaban J connectivity index is 2.44. The highest BCUT2D eigenvalue weighted by molar-refractivity contribution is 6.10. The molecule has 120 valence electrons. The number of benzene rings is 1. The molecule has 0 aliphatic carbocycles. The van der Waals surface area contributed by atoms with Gasteiger partial charge in [-0.1, -0.05) is 12.1 Å². The van der Waals surface area contributed by atoms with Crippen molar-refractivity contribution in [1.82, 2.24) is 4.98 Å². The number of ether oxygens (including phenoxy) is 1. The minimum atomic E-state index is -0.433. The summed E-state index contributed by atoms with van der Waals surface area (Å²) in [6.07, 6.45) is 1.65. The molecule has 0 spiro atoms. The van der Waals surface area contributed by atoms with Gasteiger partial charge in [0.05, 0.1) is 23.4 Å². The number of aromatic nitrogens is 1. The molecule has 1 amide bonds. The molecule has 1 aromatic carbocycles. The van der Waals surface area contributed by atoms with Crippen molar-refractivity contribution < 1.29 is 14.3 Å². The van der Waals surface area contributed by atoms with Crippen LogP contribution in [-0.2, 0) is 4.74 Å². The minimum absolute atomic E-state index is 0.185. The first-order valence-electron chi connectivity index (χ1n) is 7.59. The summed E-state index contributed by atoms with van der Waals surface area (Å²) in [6, 6.07) is 10.4. The lowest BCUT2D eigenvalue weighted by atomic mass is 10.1. The van der Waals surface area contributed by atoms with E-state index in [1.165, 1.54) is 0 Å². The standard InChI is InChI=1S/C18H20N2O3/c1-4-20(17(21)14-10-8-12-19-13(14)3)16-11-7-6-9-15(16)18(22)23-5-2/h6-12H,4-5H2,1-3H3. The number of pyridine rings is 1. The average molecular weight is 312 g/mol. The van der Waals surface area contributed by atoms with Gasteiger partial charge in [-0.2, -0.15) is 0 Å². The summed E-state index contributed by atoms with van der Waals surface area (Å²) >= 11 is 0. The van der Waals surface area contributed by atoms with E-state index in [4.69, 9.17) is 4.74 Å². The molecule has 0 bridgehead atoms. The number of aryl methyl sites for hydroxylation is 1. The first kappa shape index (κ1) is 16.7. The van der Waals surface area contributed by atoms with Gasteiger partial charge in [-0.3, -0.25) is 9.78 Å². The number of anilines is 1. The van der Waals surface area contributed by atoms with Crippen LogP contribution >= 0.6 is 0 Å². The quantitative estimate of drug-likeness (QED) is 0.795. The summed E-state index contributed by atoms with van der Waals surface area (Å²) in [4.78, 5) is 30.7. The fourth-order valence-electron chi connectivity index (χ4n) is 2.37. The van der Waals surface area contributed by atoms with Crippen molar-refractivity contribution in [3.05, 3.63) is 59.4 Å². The fourth-order valence-corrected chi connectivity index (χ4v) is 2.37. The number of esters is 1. The lowest BCUT2D eigenvalue weighted by molar-refractivity contribution is 0.0527. The van der Waals surface area contributed by atoms with E-state index < -0.39 is 5.97 Å². The van der Waals surface area contributed by atoms with Crippen LogP contribution in [0.3, 0.4) is 0 Å². The number of amides is 1. The van der Waals surface area contributed by atoms with Gasteiger partial charge in [0.15, 0.2) is 0 Å². The number of carbonyl (C=O) groups is 2. The molecule has 0 saturated heterocycles. The third-order valence-electron chi connectivity index (χ3n) is 3.49. The first-order chi connectivity index (χ1) is 11.1. The Labute approximate surface area is 135 Å². The van der Waals surface area contributed by atoms with Gasteiger partial charge in [-0.15, -0.1) is 0 Å². The maximum atomic E-state index is 12.9. The minimum Gasteiger partial charge on any atom is -0.462 e. The number of carbonyl (C=O) groups excluding carboxylic acids is 2. The Kier molecular flexibility index (Phi) is 5.46. The lowest BCUT2D eigenvalue weighted by Crippen LogP contribution is -2.32. The summed E-state index contributed by atoms with van der Waals surface area (Å²) in [5.74, 6) is -0.618. The van der Waals surface area contributed by atoms with Crippen molar-refractivity contribution in [3.8, 4) is 0 Å². The Morgan fingerprint density at radius 1 is 1.09 bits per heavy atom. The number of nitrogens with zero attached hydrogens (tertiary/aromatic N) is 2. The zero-order valence-corrected chi connectivity index (χ0v) is 13.6. The second kappa shape index (κ2) is 7.54. The van der Waals surface area contributed by atoms with E-state index >= 15 is 0 Å². The molecule has 1 heterocycles. The molecule has 0 unspecified atom stereocenters. The summed E-state index contributed by atoms with van der Waals surface area (Å²) in [5, 5.41) is 0. The molecule has 0 fully saturated rings. The monoisotopic (exact) mass is 312 g/mol. The van der Waals surface area contributed by atoms with Crippen molar-refractivity contribution in [1.29, 1.82) is 0 Å². The topological polar surface area (TPSA) is 59.5 Å². The SMILES string of the molecule is CCOC(=O)c1ccccc1N(CC)C(=O)c1cccnc1C. The molecule has 0 N–H and O–H groups in total. The molecule has 5 heteroatoms. The van der Waals surface area contributed by atoms with Crippen LogP contribution in [0.15, 0.2) is 42.6 Å². The van der Waals surface area contributed by atoms with Crippen molar-refractivity contribution >= 4 is 17.6 Å². The maximum absolute atomic E-state index is 12.9. The van der Waals surface area contributed by atoms with Crippen LogP contribution in [0.25, 0.3) is 0 Å². The van der Waals surface area contributed by atoms with Gasteiger partial charge in [-0.25, -0.2) is 4.79 Å². The Morgan fingerprint density at radius 3 is 2.43 bits per heavy atom. The number of hydrogen-bond acceptors (Lipinski definition) is 4. The first-order valence-corrected chi connectivity index (χ1v) is 7.59. The molecular formula is C18H20N2O3. The van der Waals surface area contributed by atoms with Crippen LogP contribution in [-0.4, -0.2) is 30.0 Å². The van der Waals surface area contributed by atoms with Crippen molar-refractivity contribution in [2.75, 3.05) is 18.1 Å². The number of para-hydroxylation sites is 1. The Bertz CT molecular complexity index is 713. The van der Waals surface area contributed by atoms with Gasteiger partial charge in [0.2, 0.25) is 0 Å². The van der Waals surface area contributed by atoms with Crippen LogP contribution in [0.5, 0.6) is 0 Å². The van der Waals surface area contributed by atoms with E-state index in [9.17, 15) is 9.59 Å². The fraction of sp³-hybridized carbons (Fsp3) is 0.278. The molecule has 0 saturated carbocycles. The van der Waals surface area contributed by atoms with Crippen LogP contribution in [0.2, 0.25) is 0 Å². The molecule has 2 aromatic rings. The van der Waals surface area contributed by atoms with E-state index in [0.717, 1.165) is 0 Å². The molecule has 1 aromatic heterocycles. The van der Waals surface area contributed by atoms with Crippen LogP contribution in [0.1, 0.15) is 40.3 Å². The zero-order chi connectivity index (χ0) is 16.8. The summed E-state index contributed by atoms with van der Waals surface area (Å²) < 4.78 is 5.08. The summed E-state index contributed by atoms with van der Waals surface area (Å²) in [6.45, 7) is 6.13. The molecule has 0 radical (unpaired) electrons. The molecule has 0 aliphatic heterocycles. The highest BCUT2D eigenvalue weighted by Gasteiger charge is 2.23. The van der Waals surface area contributed by atoms with Crippen LogP contribution < -0.4 is 4.90 Å². The average Bonchev–Trinajstić information content (AvgIpc) is 2.56. The van der Waals surface area contributed by atoms with Gasteiger partial charge in [0.1, 0.15) is 0 Å². The molecule has 23 heavy (non-hydrogen) atoms. The smallest absolute Gasteiger partial charge is 0.340 e. The maximum Gasteiger partial charge on any atom is 0.340 e. The largest absolute Gasteiger partial charge is 0.462 e. The van der Waals surface area contributed by atoms with Gasteiger partial charge in [-0.05, 0) is 45.0 Å². The molecule has 0 aliphatic rings. The van der Waals surface area contributed by atoms with Gasteiger partial charge < -0.3 is 9.64 Å². The van der Waals surface area contributed by atoms with E-state index in [1.54, 1.807) is 61.3 Å². The lowest BCUT2D eigenvalue weighted by Gasteiger charge is -2.23. The van der Waals surface area contributed by atoms with E-state index in [0.29, 0.717) is 29.1 Å². The molecule has 2 rings (SSSR count). The predicted octanol–water partition coefficient (Wildman–Crippen LogP) is 3.23. The predicted molar refractivity (Wildman–Crippen MR) is 88.7 cm³/mol. The van der Waals surface area contributed by atoms with Crippen molar-refractivity contribution in [3.63, 3.8) is 0 Å².